The second-order valence-electron chi connectivity index (χ2n) is 12.7. The summed E-state index contributed by atoms with van der Waals surface area (Å²) in [6.07, 6.45) is 0. The van der Waals surface area contributed by atoms with Crippen molar-refractivity contribution in [1.29, 1.82) is 0 Å². The molecule has 0 fully saturated rings. The normalized spacial score (nSPS) is 12.0. The Morgan fingerprint density at radius 3 is 1.76 bits per heavy atom. The lowest BCUT2D eigenvalue weighted by atomic mass is 10.1. The van der Waals surface area contributed by atoms with Crippen molar-refractivity contribution >= 4 is 108 Å². The number of para-hydroxylation sites is 2. The minimum absolute atomic E-state index is 0.635. The van der Waals surface area contributed by atoms with E-state index in [0.717, 1.165) is 66.0 Å². The molecule has 0 aliphatic rings. The number of hydrogen-bond acceptors (Lipinski definition) is 2. The Labute approximate surface area is 288 Å². The van der Waals surface area contributed by atoms with Crippen molar-refractivity contribution in [3.05, 3.63) is 156 Å². The third-order valence-corrected chi connectivity index (χ3v) is 11.3. The van der Waals surface area contributed by atoms with Gasteiger partial charge in [-0.25, -0.2) is 9.69 Å². The molecule has 11 rings (SSSR count). The van der Waals surface area contributed by atoms with Crippen molar-refractivity contribution in [3.63, 3.8) is 0 Å². The first kappa shape index (κ1) is 27.1. The third kappa shape index (κ3) is 3.58. The topological polar surface area (TPSA) is 31.7 Å². The number of fused-ring (bicyclic) bond motifs is 13. The summed E-state index contributed by atoms with van der Waals surface area (Å²) in [4.78, 5) is 7.40. The number of rotatable bonds is 2. The molecular weight excluding hydrogens is 633 g/mol. The summed E-state index contributed by atoms with van der Waals surface area (Å²) in [5, 5.41) is 8.98. The molecule has 6 heteroatoms. The Kier molecular flexibility index (Phi) is 5.34. The number of nitrogens with zero attached hydrogens (tertiary/aromatic N) is 4. The molecular formula is C44H22N4OS. The summed E-state index contributed by atoms with van der Waals surface area (Å²) in [5.74, 6) is 0. The fourth-order valence-electron chi connectivity index (χ4n) is 7.95. The maximum atomic E-state index is 7.59. The fourth-order valence-corrected chi connectivity index (χ4v) is 9.17. The lowest BCUT2D eigenvalue weighted by molar-refractivity contribution is 0.669. The Hall–Kier alpha value is -6.86. The van der Waals surface area contributed by atoms with E-state index in [4.69, 9.17) is 17.6 Å². The van der Waals surface area contributed by atoms with Gasteiger partial charge in [-0.1, -0.05) is 66.7 Å². The van der Waals surface area contributed by atoms with Gasteiger partial charge in [-0.05, 0) is 77.5 Å². The molecule has 0 amide bonds. The lowest BCUT2D eigenvalue weighted by Gasteiger charge is -2.09. The van der Waals surface area contributed by atoms with Crippen LogP contribution < -0.4 is 0 Å². The van der Waals surface area contributed by atoms with Crippen LogP contribution in [0.2, 0.25) is 0 Å². The van der Waals surface area contributed by atoms with Crippen LogP contribution in [0, 0.1) is 13.1 Å². The molecule has 0 aliphatic carbocycles. The molecule has 0 aliphatic heterocycles. The first-order valence-corrected chi connectivity index (χ1v) is 17.1. The van der Waals surface area contributed by atoms with Gasteiger partial charge in [0.25, 0.3) is 0 Å². The van der Waals surface area contributed by atoms with Crippen molar-refractivity contribution in [2.45, 2.75) is 0 Å². The van der Waals surface area contributed by atoms with Crippen LogP contribution in [-0.4, -0.2) is 9.13 Å². The first-order chi connectivity index (χ1) is 24.7. The van der Waals surface area contributed by atoms with Crippen LogP contribution >= 0.6 is 11.3 Å². The molecule has 50 heavy (non-hydrogen) atoms. The van der Waals surface area contributed by atoms with Crippen LogP contribution in [0.15, 0.2) is 138 Å². The Bertz CT molecular complexity index is 3360. The van der Waals surface area contributed by atoms with Gasteiger partial charge in [-0.3, -0.25) is 0 Å². The second-order valence-corrected chi connectivity index (χ2v) is 13.8. The molecule has 0 saturated heterocycles. The molecule has 0 atom stereocenters. The van der Waals surface area contributed by atoms with E-state index in [1.54, 1.807) is 11.3 Å². The van der Waals surface area contributed by atoms with Gasteiger partial charge < -0.3 is 13.6 Å². The zero-order valence-corrected chi connectivity index (χ0v) is 27.1. The summed E-state index contributed by atoms with van der Waals surface area (Å²) in [5.41, 5.74) is 9.54. The fraction of sp³-hybridized carbons (Fsp3) is 0. The number of thiophene rings is 1. The van der Waals surface area contributed by atoms with Gasteiger partial charge in [0.05, 0.1) is 39.9 Å². The molecule has 4 aromatic heterocycles. The minimum Gasteiger partial charge on any atom is -0.456 e. The quantitative estimate of drug-likeness (QED) is 0.171. The molecule has 4 heterocycles. The van der Waals surface area contributed by atoms with Crippen molar-refractivity contribution in [1.82, 2.24) is 9.13 Å². The minimum atomic E-state index is 0.635. The van der Waals surface area contributed by atoms with Crippen LogP contribution in [0.1, 0.15) is 0 Å². The van der Waals surface area contributed by atoms with Crippen LogP contribution in [0.5, 0.6) is 0 Å². The Balaban J connectivity index is 1.19. The smallest absolute Gasteiger partial charge is 0.188 e. The highest BCUT2D eigenvalue weighted by Gasteiger charge is 2.20. The molecule has 230 valence electrons. The van der Waals surface area contributed by atoms with Gasteiger partial charge in [-0.2, -0.15) is 0 Å². The van der Waals surface area contributed by atoms with E-state index < -0.39 is 0 Å². The second kappa shape index (κ2) is 9.84. The monoisotopic (exact) mass is 654 g/mol. The SMILES string of the molecule is [C-]#[N+]c1ccc2sc3c(ccc4c5ccccc5n(-c5ccc6oc7ccc(-n8c9ccccc9c9cc([N+]#[C-])ccc98)cc7c6c5)c43)c2c1. The highest BCUT2D eigenvalue weighted by Crippen LogP contribution is 2.44. The molecule has 11 aromatic rings. The molecule has 0 N–H and O–H groups in total. The van der Waals surface area contributed by atoms with Crippen molar-refractivity contribution < 1.29 is 4.42 Å². The maximum absolute atomic E-state index is 7.59. The summed E-state index contributed by atoms with van der Waals surface area (Å²) in [7, 11) is 0. The summed E-state index contributed by atoms with van der Waals surface area (Å²) in [6, 6.07) is 46.3. The largest absolute Gasteiger partial charge is 0.456 e. The van der Waals surface area contributed by atoms with Gasteiger partial charge in [-0.15, -0.1) is 11.3 Å². The molecule has 0 saturated carbocycles. The number of furan rings is 1. The zero-order chi connectivity index (χ0) is 33.1. The van der Waals surface area contributed by atoms with E-state index in [-0.39, 0.29) is 0 Å². The number of hydrogen-bond donors (Lipinski definition) is 0. The van der Waals surface area contributed by atoms with E-state index in [9.17, 15) is 0 Å². The lowest BCUT2D eigenvalue weighted by Crippen LogP contribution is -1.94. The van der Waals surface area contributed by atoms with Crippen molar-refractivity contribution in [2.75, 3.05) is 0 Å². The van der Waals surface area contributed by atoms with Gasteiger partial charge in [0.15, 0.2) is 11.4 Å². The number of benzene rings is 7. The van der Waals surface area contributed by atoms with Gasteiger partial charge in [0, 0.05) is 48.4 Å². The molecule has 7 aromatic carbocycles. The molecule has 0 spiro atoms. The Morgan fingerprint density at radius 1 is 0.460 bits per heavy atom. The van der Waals surface area contributed by atoms with Crippen molar-refractivity contribution in [3.8, 4) is 11.4 Å². The predicted molar refractivity (Wildman–Crippen MR) is 208 cm³/mol. The van der Waals surface area contributed by atoms with Crippen LogP contribution in [0.25, 0.3) is 107 Å². The van der Waals surface area contributed by atoms with E-state index >= 15 is 0 Å². The maximum Gasteiger partial charge on any atom is 0.188 e. The van der Waals surface area contributed by atoms with Crippen LogP contribution in [0.3, 0.4) is 0 Å². The summed E-state index contributed by atoms with van der Waals surface area (Å²) in [6.45, 7) is 15.2. The van der Waals surface area contributed by atoms with E-state index in [0.29, 0.717) is 11.4 Å². The third-order valence-electron chi connectivity index (χ3n) is 10.1. The van der Waals surface area contributed by atoms with Gasteiger partial charge >= 0.3 is 0 Å². The van der Waals surface area contributed by atoms with Crippen LogP contribution in [-0.2, 0) is 0 Å². The first-order valence-electron chi connectivity index (χ1n) is 16.3. The zero-order valence-electron chi connectivity index (χ0n) is 26.3. The average Bonchev–Trinajstić information content (AvgIpc) is 3.91. The molecule has 0 unspecified atom stereocenters. The number of aromatic nitrogens is 2. The molecule has 5 nitrogen and oxygen atoms in total. The van der Waals surface area contributed by atoms with E-state index in [1.165, 1.54) is 31.1 Å². The summed E-state index contributed by atoms with van der Waals surface area (Å²) >= 11 is 1.79. The van der Waals surface area contributed by atoms with E-state index in [1.807, 2.05) is 24.3 Å². The standard InChI is InChI=1S/C44H22N4OS/c1-45-25-11-17-39-33(21-25)30-8-4-5-9-37(30)47(39)27-13-18-40-34(23-27)35-24-28(14-19-41(35)49-40)48-38-10-6-3-7-29(38)31-15-16-32-36-22-26(46-2)12-20-42(36)50-44(32)43(31)48/h3-24H. The Morgan fingerprint density at radius 2 is 1.04 bits per heavy atom. The van der Waals surface area contributed by atoms with E-state index in [2.05, 4.69) is 128 Å². The molecule has 0 radical (unpaired) electrons. The highest BCUT2D eigenvalue weighted by molar-refractivity contribution is 7.26. The molecule has 0 bridgehead atoms. The average molecular weight is 655 g/mol. The summed E-state index contributed by atoms with van der Waals surface area (Å²) < 4.78 is 13.5. The predicted octanol–water partition coefficient (Wildman–Crippen LogP) is 13.2. The van der Waals surface area contributed by atoms with Crippen molar-refractivity contribution in [2.24, 2.45) is 0 Å². The van der Waals surface area contributed by atoms with Crippen LogP contribution in [0.4, 0.5) is 11.4 Å². The van der Waals surface area contributed by atoms with Gasteiger partial charge in [0.1, 0.15) is 11.2 Å². The highest BCUT2D eigenvalue weighted by atomic mass is 32.1. The van der Waals surface area contributed by atoms with Gasteiger partial charge in [0.2, 0.25) is 0 Å².